The number of benzene rings is 1. The summed E-state index contributed by atoms with van der Waals surface area (Å²) in [5.41, 5.74) is -2.13. The Morgan fingerprint density at radius 2 is 1.89 bits per heavy atom. The summed E-state index contributed by atoms with van der Waals surface area (Å²) in [6.45, 7) is 10.7. The molecule has 3 amide bonds. The van der Waals surface area contributed by atoms with Crippen LogP contribution in [0.25, 0.3) is 0 Å². The summed E-state index contributed by atoms with van der Waals surface area (Å²) >= 11 is 11.3. The lowest BCUT2D eigenvalue weighted by atomic mass is 9.72. The first-order valence-corrected chi connectivity index (χ1v) is 18.5. The number of hydrogen-bond donors (Lipinski definition) is 3. The van der Waals surface area contributed by atoms with Gasteiger partial charge in [0, 0.05) is 45.2 Å². The molecule has 6 unspecified atom stereocenters. The van der Waals surface area contributed by atoms with E-state index in [4.69, 9.17) is 35.3 Å². The van der Waals surface area contributed by atoms with Gasteiger partial charge < -0.3 is 38.6 Å². The van der Waals surface area contributed by atoms with Crippen molar-refractivity contribution in [3.05, 3.63) is 46.5 Å². The number of carbonyl (C=O) groups is 4. The Hall–Kier alpha value is -3.30. The second-order valence-corrected chi connectivity index (χ2v) is 17.1. The largest absolute Gasteiger partial charge is 0.495 e. The molecule has 2 fully saturated rings. The van der Waals surface area contributed by atoms with E-state index in [9.17, 15) is 24.3 Å². The third-order valence-corrected chi connectivity index (χ3v) is 11.0. The van der Waals surface area contributed by atoms with Crippen molar-refractivity contribution in [2.75, 3.05) is 33.2 Å². The van der Waals surface area contributed by atoms with Crippen molar-refractivity contribution in [2.24, 2.45) is 0 Å². The third kappa shape index (κ3) is 9.69. The minimum atomic E-state index is -1.86. The highest BCUT2D eigenvalue weighted by Crippen LogP contribution is 2.50. The zero-order valence-corrected chi connectivity index (χ0v) is 33.9. The van der Waals surface area contributed by atoms with E-state index in [-0.39, 0.29) is 41.4 Å². The molecule has 0 saturated carbocycles. The molecule has 15 heteroatoms. The molecule has 2 saturated heterocycles. The standard InChI is InChI=1S/C38H54ClN3O10S/c1-22-12-11-13-27(49-10)38(47)20-29(51-34(46)40-38)37(6)21-36(5,52-37)28(50-33(45)23(2)41(7)30(43)14-15-35(3,4)53)19-31(44)42(8)25-17-24(16-22)18-26(48-9)32(25)39/h11-13,17-18,23,27-29,47,53H,14-16,19-21H2,1-10H3,(H,40,46)/b13-11+,22-12+/t23-,27?,28?,29?,36?,37?,38?/m0/s1. The lowest BCUT2D eigenvalue weighted by Crippen LogP contribution is -2.72. The number of nitrogens with one attached hydrogen (secondary N) is 1. The van der Waals surface area contributed by atoms with Gasteiger partial charge in [-0.3, -0.25) is 14.9 Å². The molecule has 7 atom stereocenters. The molecule has 0 spiro atoms. The summed E-state index contributed by atoms with van der Waals surface area (Å²) in [7, 11) is 6.01. The summed E-state index contributed by atoms with van der Waals surface area (Å²) in [4.78, 5) is 56.5. The van der Waals surface area contributed by atoms with Gasteiger partial charge in [0.05, 0.1) is 19.2 Å². The summed E-state index contributed by atoms with van der Waals surface area (Å²) in [5.74, 6) is -1.06. The fourth-order valence-corrected chi connectivity index (χ4v) is 7.53. The Morgan fingerprint density at radius 3 is 2.49 bits per heavy atom. The monoisotopic (exact) mass is 779 g/mol. The summed E-state index contributed by atoms with van der Waals surface area (Å²) in [5, 5.41) is 14.5. The van der Waals surface area contributed by atoms with Gasteiger partial charge in [-0.25, -0.2) is 9.59 Å². The highest BCUT2D eigenvalue weighted by molar-refractivity contribution is 7.81. The molecule has 4 aliphatic rings. The molecule has 1 aromatic rings. The lowest BCUT2D eigenvalue weighted by molar-refractivity contribution is -0.328. The van der Waals surface area contributed by atoms with Gasteiger partial charge in [-0.05, 0) is 58.2 Å². The number of rotatable bonds is 8. The predicted molar refractivity (Wildman–Crippen MR) is 203 cm³/mol. The van der Waals surface area contributed by atoms with Crippen molar-refractivity contribution in [2.45, 2.75) is 126 Å². The second-order valence-electron chi connectivity index (χ2n) is 15.5. The number of allylic oxidation sites excluding steroid dienone is 3. The SMILES string of the molecule is COc1cc2cc(c1Cl)N(C)C(=O)CC(OC(=O)[C@H](C)N(C)C(=O)CCC(C)(C)S)C1(C)CC(C)(O1)C1CC(O)(NC(=O)O1)C(OC)/C=C/C=C(\C)C2. The Kier molecular flexibility index (Phi) is 13.0. The van der Waals surface area contributed by atoms with Crippen LogP contribution in [0.5, 0.6) is 5.75 Å². The fraction of sp³-hybridized carbons (Fsp3) is 0.632. The number of fused-ring (bicyclic) bond motifs is 6. The number of hydrogen-bond acceptors (Lipinski definition) is 11. The number of carbonyl (C=O) groups excluding carboxylic acids is 4. The van der Waals surface area contributed by atoms with Gasteiger partial charge in [-0.2, -0.15) is 12.6 Å². The van der Waals surface area contributed by atoms with Crippen LogP contribution in [0.2, 0.25) is 5.02 Å². The molecule has 0 aliphatic carbocycles. The number of alkyl carbamates (subject to hydrolysis) is 1. The maximum absolute atomic E-state index is 14.1. The van der Waals surface area contributed by atoms with Gasteiger partial charge in [0.2, 0.25) is 11.8 Å². The van der Waals surface area contributed by atoms with E-state index in [0.29, 0.717) is 24.3 Å². The number of nitrogens with zero attached hydrogens (tertiary/aromatic N) is 2. The van der Waals surface area contributed by atoms with Gasteiger partial charge in [0.25, 0.3) is 0 Å². The van der Waals surface area contributed by atoms with Crippen molar-refractivity contribution < 1.29 is 48.0 Å². The van der Waals surface area contributed by atoms with Crippen LogP contribution in [0.3, 0.4) is 0 Å². The van der Waals surface area contributed by atoms with Crippen LogP contribution in [-0.4, -0.2) is 108 Å². The molecule has 53 heavy (non-hydrogen) atoms. The average molecular weight is 780 g/mol. The topological polar surface area (TPSA) is 153 Å². The van der Waals surface area contributed by atoms with Crippen molar-refractivity contribution in [1.29, 1.82) is 0 Å². The summed E-state index contributed by atoms with van der Waals surface area (Å²) < 4.78 is 29.1. The normalized spacial score (nSPS) is 31.5. The molecule has 5 rings (SSSR count). The van der Waals surface area contributed by atoms with Crippen LogP contribution in [0, 0.1) is 0 Å². The highest BCUT2D eigenvalue weighted by Gasteiger charge is 2.63. The van der Waals surface area contributed by atoms with Crippen LogP contribution < -0.4 is 15.0 Å². The van der Waals surface area contributed by atoms with Gasteiger partial charge in [0.15, 0.2) is 5.72 Å². The Morgan fingerprint density at radius 1 is 1.23 bits per heavy atom. The van der Waals surface area contributed by atoms with E-state index in [1.807, 2.05) is 26.8 Å². The van der Waals surface area contributed by atoms with Crippen molar-refractivity contribution in [3.63, 3.8) is 0 Å². The Bertz CT molecular complexity index is 1640. The van der Waals surface area contributed by atoms with Crippen molar-refractivity contribution in [1.82, 2.24) is 10.2 Å². The van der Waals surface area contributed by atoms with E-state index < -0.39 is 59.3 Å². The average Bonchev–Trinajstić information content (AvgIpc) is 3.06. The second kappa shape index (κ2) is 16.2. The zero-order valence-electron chi connectivity index (χ0n) is 32.3. The first kappa shape index (κ1) is 42.4. The van der Waals surface area contributed by atoms with E-state index in [2.05, 4.69) is 17.9 Å². The first-order valence-electron chi connectivity index (χ1n) is 17.6. The Labute approximate surface area is 322 Å². The van der Waals surface area contributed by atoms with Crippen molar-refractivity contribution in [3.8, 4) is 5.75 Å². The molecule has 0 radical (unpaired) electrons. The molecular formula is C38H54ClN3O10S. The van der Waals surface area contributed by atoms with Crippen LogP contribution in [0.15, 0.2) is 35.9 Å². The maximum Gasteiger partial charge on any atom is 0.409 e. The van der Waals surface area contributed by atoms with Gasteiger partial charge in [-0.15, -0.1) is 0 Å². The van der Waals surface area contributed by atoms with Crippen LogP contribution in [0.4, 0.5) is 10.5 Å². The van der Waals surface area contributed by atoms with E-state index in [1.54, 1.807) is 52.1 Å². The number of amides is 3. The van der Waals surface area contributed by atoms with E-state index in [1.165, 1.54) is 31.1 Å². The molecule has 4 aliphatic heterocycles. The molecule has 294 valence electrons. The van der Waals surface area contributed by atoms with E-state index >= 15 is 0 Å². The zero-order chi connectivity index (χ0) is 39.7. The van der Waals surface area contributed by atoms with Crippen LogP contribution in [0.1, 0.15) is 79.2 Å². The lowest BCUT2D eigenvalue weighted by Gasteiger charge is -2.59. The fourth-order valence-electron chi connectivity index (χ4n) is 7.10. The highest BCUT2D eigenvalue weighted by atomic mass is 35.5. The molecule has 0 aromatic heterocycles. The summed E-state index contributed by atoms with van der Waals surface area (Å²) in [6.07, 6.45) is 2.21. The number of esters is 1. The molecule has 4 heterocycles. The number of methoxy groups -OCH3 is 2. The number of ether oxygens (including phenoxy) is 5. The molecule has 1 aromatic carbocycles. The smallest absolute Gasteiger partial charge is 0.409 e. The quantitative estimate of drug-likeness (QED) is 0.239. The Balaban J connectivity index is 1.74. The van der Waals surface area contributed by atoms with Gasteiger partial charge >= 0.3 is 12.1 Å². The molecule has 2 N–H and O–H groups in total. The number of likely N-dealkylation sites (N-methyl/N-ethyl adjacent to an activating group) is 1. The molecular weight excluding hydrogens is 726 g/mol. The number of thiol groups is 1. The van der Waals surface area contributed by atoms with Gasteiger partial charge in [0.1, 0.15) is 46.3 Å². The minimum Gasteiger partial charge on any atom is -0.495 e. The predicted octanol–water partition coefficient (Wildman–Crippen LogP) is 5.15. The number of anilines is 1. The maximum atomic E-state index is 14.1. The molecule has 13 nitrogen and oxygen atoms in total. The van der Waals surface area contributed by atoms with Crippen LogP contribution in [-0.2, 0) is 39.8 Å². The van der Waals surface area contributed by atoms with E-state index in [0.717, 1.165) is 11.1 Å². The first-order chi connectivity index (χ1) is 24.5. The number of aliphatic hydroxyl groups is 1. The van der Waals surface area contributed by atoms with Crippen molar-refractivity contribution >= 4 is 53.8 Å². The van der Waals surface area contributed by atoms with Gasteiger partial charge in [-0.1, -0.05) is 49.2 Å². The van der Waals surface area contributed by atoms with Crippen LogP contribution >= 0.6 is 24.2 Å². The summed E-state index contributed by atoms with van der Waals surface area (Å²) in [6, 6.07) is 2.59. The third-order valence-electron chi connectivity index (χ3n) is 10.4. The number of halogens is 1. The minimum absolute atomic E-state index is 0.0971. The molecule has 6 bridgehead atoms.